The Morgan fingerprint density at radius 3 is 2.44 bits per heavy atom. The third-order valence-electron chi connectivity index (χ3n) is 5.07. The zero-order chi connectivity index (χ0) is 17.5. The molecule has 2 aliphatic rings. The minimum atomic E-state index is -0.591. The van der Waals surface area contributed by atoms with E-state index in [-0.39, 0.29) is 17.9 Å². The molecule has 0 spiro atoms. The van der Waals surface area contributed by atoms with Crippen LogP contribution in [0.2, 0.25) is 0 Å². The minimum absolute atomic E-state index is 0.130. The Kier molecular flexibility index (Phi) is 6.45. The summed E-state index contributed by atoms with van der Waals surface area (Å²) in [5.74, 6) is -0.0157. The van der Waals surface area contributed by atoms with Gasteiger partial charge in [0.15, 0.2) is 6.10 Å². The summed E-state index contributed by atoms with van der Waals surface area (Å²) >= 11 is 0. The molecule has 1 atom stereocenters. The van der Waals surface area contributed by atoms with Crippen molar-refractivity contribution in [2.45, 2.75) is 57.2 Å². The molecule has 2 amide bonds. The molecule has 1 aliphatic heterocycles. The van der Waals surface area contributed by atoms with Crippen LogP contribution in [0, 0.1) is 0 Å². The van der Waals surface area contributed by atoms with Crippen molar-refractivity contribution in [2.24, 2.45) is 0 Å². The molecule has 1 saturated carbocycles. The second-order valence-corrected chi connectivity index (χ2v) is 6.96. The van der Waals surface area contributed by atoms with Crippen LogP contribution in [0.5, 0.6) is 0 Å². The van der Waals surface area contributed by atoms with Crippen molar-refractivity contribution in [3.63, 3.8) is 0 Å². The topological polar surface area (TPSA) is 58.6 Å². The molecule has 1 N–H and O–H groups in total. The SMILES string of the molecule is O=C(NCCC(=O)N1CCCC1)[C@H](OC1CCCC1)c1ccccc1. The van der Waals surface area contributed by atoms with Crippen molar-refractivity contribution in [1.29, 1.82) is 0 Å². The molecule has 2 fully saturated rings. The Labute approximate surface area is 149 Å². The van der Waals surface area contributed by atoms with Gasteiger partial charge in [0.1, 0.15) is 0 Å². The van der Waals surface area contributed by atoms with E-state index in [4.69, 9.17) is 4.74 Å². The van der Waals surface area contributed by atoms with Crippen molar-refractivity contribution in [2.75, 3.05) is 19.6 Å². The smallest absolute Gasteiger partial charge is 0.253 e. The van der Waals surface area contributed by atoms with E-state index in [2.05, 4.69) is 5.32 Å². The largest absolute Gasteiger partial charge is 0.360 e. The van der Waals surface area contributed by atoms with Gasteiger partial charge < -0.3 is 15.0 Å². The predicted molar refractivity (Wildman–Crippen MR) is 96.0 cm³/mol. The molecule has 1 aromatic rings. The van der Waals surface area contributed by atoms with E-state index >= 15 is 0 Å². The van der Waals surface area contributed by atoms with Gasteiger partial charge in [0, 0.05) is 26.1 Å². The molecule has 25 heavy (non-hydrogen) atoms. The maximum absolute atomic E-state index is 12.7. The molecule has 1 heterocycles. The number of ether oxygens (including phenoxy) is 1. The summed E-state index contributed by atoms with van der Waals surface area (Å²) in [4.78, 5) is 26.6. The fourth-order valence-electron chi connectivity index (χ4n) is 3.65. The molecule has 5 nitrogen and oxygen atoms in total. The summed E-state index contributed by atoms with van der Waals surface area (Å²) < 4.78 is 6.11. The number of nitrogens with one attached hydrogen (secondary N) is 1. The highest BCUT2D eigenvalue weighted by atomic mass is 16.5. The quantitative estimate of drug-likeness (QED) is 0.827. The van der Waals surface area contributed by atoms with Crippen LogP contribution in [-0.4, -0.2) is 42.5 Å². The first-order valence-corrected chi connectivity index (χ1v) is 9.50. The highest BCUT2D eigenvalue weighted by Crippen LogP contribution is 2.28. The van der Waals surface area contributed by atoms with E-state index < -0.39 is 6.10 Å². The van der Waals surface area contributed by atoms with Crippen LogP contribution < -0.4 is 5.32 Å². The molecule has 3 rings (SSSR count). The van der Waals surface area contributed by atoms with Gasteiger partial charge in [0.25, 0.3) is 5.91 Å². The zero-order valence-electron chi connectivity index (χ0n) is 14.8. The number of carbonyl (C=O) groups is 2. The number of hydrogen-bond acceptors (Lipinski definition) is 3. The monoisotopic (exact) mass is 344 g/mol. The van der Waals surface area contributed by atoms with Crippen molar-refractivity contribution in [1.82, 2.24) is 10.2 Å². The number of hydrogen-bond donors (Lipinski definition) is 1. The van der Waals surface area contributed by atoms with Crippen LogP contribution in [0.4, 0.5) is 0 Å². The first-order valence-electron chi connectivity index (χ1n) is 9.50. The molecule has 0 bridgehead atoms. The van der Waals surface area contributed by atoms with E-state index in [0.29, 0.717) is 13.0 Å². The first-order chi connectivity index (χ1) is 12.2. The number of nitrogens with zero attached hydrogens (tertiary/aromatic N) is 1. The number of amides is 2. The third-order valence-corrected chi connectivity index (χ3v) is 5.07. The minimum Gasteiger partial charge on any atom is -0.360 e. The van der Waals surface area contributed by atoms with Crippen LogP contribution in [0.15, 0.2) is 30.3 Å². The maximum Gasteiger partial charge on any atom is 0.253 e. The van der Waals surface area contributed by atoms with Gasteiger partial charge in [0.05, 0.1) is 6.10 Å². The highest BCUT2D eigenvalue weighted by Gasteiger charge is 2.27. The van der Waals surface area contributed by atoms with Gasteiger partial charge in [0.2, 0.25) is 5.91 Å². The van der Waals surface area contributed by atoms with Crippen LogP contribution in [0.25, 0.3) is 0 Å². The van der Waals surface area contributed by atoms with E-state index in [9.17, 15) is 9.59 Å². The Morgan fingerprint density at radius 1 is 1.08 bits per heavy atom. The predicted octanol–water partition coefficient (Wildman–Crippen LogP) is 2.82. The van der Waals surface area contributed by atoms with Gasteiger partial charge in [-0.1, -0.05) is 43.2 Å². The van der Waals surface area contributed by atoms with Gasteiger partial charge in [-0.2, -0.15) is 0 Å². The molecular weight excluding hydrogens is 316 g/mol. The second-order valence-electron chi connectivity index (χ2n) is 6.96. The number of rotatable bonds is 7. The van der Waals surface area contributed by atoms with Gasteiger partial charge in [-0.3, -0.25) is 9.59 Å². The molecule has 5 heteroatoms. The zero-order valence-corrected chi connectivity index (χ0v) is 14.8. The normalized spacial score (nSPS) is 19.1. The Hall–Kier alpha value is -1.88. The lowest BCUT2D eigenvalue weighted by molar-refractivity contribution is -0.137. The van der Waals surface area contributed by atoms with Gasteiger partial charge in [-0.05, 0) is 31.2 Å². The molecule has 0 unspecified atom stereocenters. The fraction of sp³-hybridized carbons (Fsp3) is 0.600. The Morgan fingerprint density at radius 2 is 1.76 bits per heavy atom. The van der Waals surface area contributed by atoms with E-state index in [1.54, 1.807) is 0 Å². The highest BCUT2D eigenvalue weighted by molar-refractivity contribution is 5.83. The molecular formula is C20H28N2O3. The van der Waals surface area contributed by atoms with Crippen molar-refractivity contribution >= 4 is 11.8 Å². The summed E-state index contributed by atoms with van der Waals surface area (Å²) in [5.41, 5.74) is 0.873. The average Bonchev–Trinajstić information content (AvgIpc) is 3.34. The molecule has 1 aromatic carbocycles. The number of likely N-dealkylation sites (tertiary alicyclic amines) is 1. The lowest BCUT2D eigenvalue weighted by Gasteiger charge is -2.22. The number of benzene rings is 1. The van der Waals surface area contributed by atoms with E-state index in [1.807, 2.05) is 35.2 Å². The molecule has 0 radical (unpaired) electrons. The van der Waals surface area contributed by atoms with Gasteiger partial charge in [-0.25, -0.2) is 0 Å². The van der Waals surface area contributed by atoms with Crippen LogP contribution in [-0.2, 0) is 14.3 Å². The summed E-state index contributed by atoms with van der Waals surface area (Å²) in [5, 5.41) is 2.90. The van der Waals surface area contributed by atoms with Crippen LogP contribution in [0.3, 0.4) is 0 Å². The van der Waals surface area contributed by atoms with Gasteiger partial charge >= 0.3 is 0 Å². The first kappa shape index (κ1) is 17.9. The second kappa shape index (κ2) is 8.99. The molecule has 136 valence electrons. The Bertz CT molecular complexity index is 564. The summed E-state index contributed by atoms with van der Waals surface area (Å²) in [6, 6.07) is 9.63. The van der Waals surface area contributed by atoms with Crippen LogP contribution >= 0.6 is 0 Å². The maximum atomic E-state index is 12.7. The van der Waals surface area contributed by atoms with E-state index in [1.165, 1.54) is 0 Å². The van der Waals surface area contributed by atoms with Crippen LogP contribution in [0.1, 0.15) is 56.6 Å². The lowest BCUT2D eigenvalue weighted by Crippen LogP contribution is -2.36. The van der Waals surface area contributed by atoms with Crippen molar-refractivity contribution in [3.05, 3.63) is 35.9 Å². The van der Waals surface area contributed by atoms with Crippen molar-refractivity contribution < 1.29 is 14.3 Å². The van der Waals surface area contributed by atoms with Crippen molar-refractivity contribution in [3.8, 4) is 0 Å². The summed E-state index contributed by atoms with van der Waals surface area (Å²) in [6.45, 7) is 2.07. The number of carbonyl (C=O) groups excluding carboxylic acids is 2. The summed E-state index contributed by atoms with van der Waals surface area (Å²) in [6.07, 6.45) is 6.46. The molecule has 0 aromatic heterocycles. The van der Waals surface area contributed by atoms with E-state index in [0.717, 1.165) is 57.2 Å². The van der Waals surface area contributed by atoms with Gasteiger partial charge in [-0.15, -0.1) is 0 Å². The summed E-state index contributed by atoms with van der Waals surface area (Å²) in [7, 11) is 0. The lowest BCUT2D eigenvalue weighted by atomic mass is 10.1. The average molecular weight is 344 g/mol. The Balaban J connectivity index is 1.53. The third kappa shape index (κ3) is 5.05. The fourth-order valence-corrected chi connectivity index (χ4v) is 3.65. The molecule has 1 aliphatic carbocycles. The molecule has 1 saturated heterocycles. The standard InChI is InChI=1S/C20H28N2O3/c23-18(22-14-6-7-15-22)12-13-21-20(24)19(16-8-2-1-3-9-16)25-17-10-4-5-11-17/h1-3,8-9,17,19H,4-7,10-15H2,(H,21,24)/t19-/m1/s1.